The number of nitrogens with one attached hydrogen (secondary N) is 2. The zero-order valence-corrected chi connectivity index (χ0v) is 15.6. The van der Waals surface area contributed by atoms with E-state index in [0.717, 1.165) is 17.5 Å². The Hall–Kier alpha value is -2.70. The lowest BCUT2D eigenvalue weighted by Crippen LogP contribution is -2.52. The molecule has 0 saturated carbocycles. The minimum absolute atomic E-state index is 0.106. The summed E-state index contributed by atoms with van der Waals surface area (Å²) in [6.45, 7) is 4.82. The molecule has 0 aromatic heterocycles. The summed E-state index contributed by atoms with van der Waals surface area (Å²) in [6.07, 6.45) is 2.96. The van der Waals surface area contributed by atoms with Gasteiger partial charge in [-0.05, 0) is 36.0 Å². The van der Waals surface area contributed by atoms with Gasteiger partial charge in [0.2, 0.25) is 17.7 Å². The molecule has 2 heterocycles. The molecule has 3 rings (SSSR count). The number of rotatable bonds is 6. The summed E-state index contributed by atoms with van der Waals surface area (Å²) < 4.78 is 0. The molecular weight excluding hydrogens is 346 g/mol. The first-order valence-electron chi connectivity index (χ1n) is 9.22. The Labute approximate surface area is 158 Å². The number of hydrogen-bond acceptors (Lipinski definition) is 4. The molecule has 1 atom stereocenters. The molecule has 0 bridgehead atoms. The highest BCUT2D eigenvalue weighted by Gasteiger charge is 2.38. The Bertz CT molecular complexity index is 787. The van der Waals surface area contributed by atoms with E-state index in [9.17, 15) is 19.2 Å². The van der Waals surface area contributed by atoms with Crippen LogP contribution in [0.3, 0.4) is 0 Å². The van der Waals surface area contributed by atoms with Crippen LogP contribution in [0.4, 0.5) is 0 Å². The summed E-state index contributed by atoms with van der Waals surface area (Å²) >= 11 is 0. The third-order valence-electron chi connectivity index (χ3n) is 4.83. The third-order valence-corrected chi connectivity index (χ3v) is 4.83. The standard InChI is InChI=1S/C20H24N3O4/c1-12(2)3-7-17(24)21-10-13-4-5-15-14(9-13)11-23(20(15)27)16-6-8-18(25)22-19(16)26/h4-5,7,9,12,16H,3,6,8,10-11H2,1-2H3,(H,21,24)(H,22,25,26). The van der Waals surface area contributed by atoms with Crippen molar-refractivity contribution in [1.29, 1.82) is 0 Å². The van der Waals surface area contributed by atoms with Gasteiger partial charge in [-0.25, -0.2) is 0 Å². The van der Waals surface area contributed by atoms with Gasteiger partial charge in [-0.15, -0.1) is 0 Å². The maximum atomic E-state index is 12.6. The van der Waals surface area contributed by atoms with E-state index < -0.39 is 11.9 Å². The van der Waals surface area contributed by atoms with E-state index in [0.29, 0.717) is 31.0 Å². The van der Waals surface area contributed by atoms with Gasteiger partial charge in [0.05, 0.1) is 0 Å². The van der Waals surface area contributed by atoms with Gasteiger partial charge in [0, 0.05) is 31.5 Å². The fourth-order valence-electron chi connectivity index (χ4n) is 3.34. The monoisotopic (exact) mass is 370 g/mol. The number of amides is 4. The summed E-state index contributed by atoms with van der Waals surface area (Å²) in [5.74, 6) is -0.584. The second kappa shape index (κ2) is 7.90. The van der Waals surface area contributed by atoms with Gasteiger partial charge in [-0.2, -0.15) is 0 Å². The van der Waals surface area contributed by atoms with Gasteiger partial charge < -0.3 is 10.2 Å². The Morgan fingerprint density at radius 2 is 2.11 bits per heavy atom. The number of imide groups is 1. The molecule has 4 amide bonds. The molecule has 0 aliphatic carbocycles. The van der Waals surface area contributed by atoms with Crippen molar-refractivity contribution in [1.82, 2.24) is 15.5 Å². The second-order valence-corrected chi connectivity index (χ2v) is 7.44. The van der Waals surface area contributed by atoms with Crippen molar-refractivity contribution in [3.05, 3.63) is 41.3 Å². The van der Waals surface area contributed by atoms with Gasteiger partial charge in [0.15, 0.2) is 0 Å². The molecule has 1 saturated heterocycles. The van der Waals surface area contributed by atoms with Crippen LogP contribution in [0.2, 0.25) is 0 Å². The van der Waals surface area contributed by atoms with E-state index >= 15 is 0 Å². The van der Waals surface area contributed by atoms with Crippen molar-refractivity contribution in [3.8, 4) is 0 Å². The number of carbonyl (C=O) groups excluding carboxylic acids is 4. The minimum Gasteiger partial charge on any atom is -0.352 e. The highest BCUT2D eigenvalue weighted by molar-refractivity contribution is 6.05. The fraction of sp³-hybridized carbons (Fsp3) is 0.450. The smallest absolute Gasteiger partial charge is 0.255 e. The molecule has 143 valence electrons. The van der Waals surface area contributed by atoms with Gasteiger partial charge >= 0.3 is 0 Å². The fourth-order valence-corrected chi connectivity index (χ4v) is 3.34. The predicted molar refractivity (Wildman–Crippen MR) is 98.1 cm³/mol. The lowest BCUT2D eigenvalue weighted by Gasteiger charge is -2.29. The summed E-state index contributed by atoms with van der Waals surface area (Å²) in [6, 6.07) is 4.83. The number of carbonyl (C=O) groups is 4. The zero-order valence-electron chi connectivity index (χ0n) is 15.6. The molecule has 1 aromatic rings. The minimum atomic E-state index is -0.614. The Morgan fingerprint density at radius 1 is 1.33 bits per heavy atom. The van der Waals surface area contributed by atoms with Crippen molar-refractivity contribution >= 4 is 23.6 Å². The molecule has 1 unspecified atom stereocenters. The van der Waals surface area contributed by atoms with Crippen LogP contribution in [0.1, 0.15) is 54.6 Å². The van der Waals surface area contributed by atoms with Crippen molar-refractivity contribution in [2.75, 3.05) is 0 Å². The van der Waals surface area contributed by atoms with Crippen molar-refractivity contribution in [2.45, 2.75) is 52.2 Å². The molecule has 7 heteroatoms. The van der Waals surface area contributed by atoms with Crippen LogP contribution in [-0.4, -0.2) is 34.6 Å². The SMILES string of the molecule is CC(C)C[CH]C(=O)NCc1ccc2c(c1)CN(C1CCC(=O)NC1=O)C2=O. The van der Waals surface area contributed by atoms with Crippen LogP contribution in [0.15, 0.2) is 18.2 Å². The normalized spacial score (nSPS) is 19.3. The van der Waals surface area contributed by atoms with E-state index in [-0.39, 0.29) is 24.1 Å². The largest absolute Gasteiger partial charge is 0.352 e. The lowest BCUT2D eigenvalue weighted by molar-refractivity contribution is -0.137. The molecule has 7 nitrogen and oxygen atoms in total. The van der Waals surface area contributed by atoms with E-state index in [1.165, 1.54) is 4.90 Å². The average Bonchev–Trinajstić information content (AvgIpc) is 2.94. The van der Waals surface area contributed by atoms with Gasteiger partial charge in [0.1, 0.15) is 6.04 Å². The number of hydrogen-bond donors (Lipinski definition) is 2. The number of benzene rings is 1. The zero-order chi connectivity index (χ0) is 19.6. The Kier molecular flexibility index (Phi) is 5.58. The lowest BCUT2D eigenvalue weighted by atomic mass is 10.0. The summed E-state index contributed by atoms with van der Waals surface area (Å²) in [7, 11) is 0. The second-order valence-electron chi connectivity index (χ2n) is 7.44. The molecule has 0 spiro atoms. The van der Waals surface area contributed by atoms with Gasteiger partial charge in [-0.3, -0.25) is 24.5 Å². The van der Waals surface area contributed by atoms with Crippen LogP contribution >= 0.6 is 0 Å². The molecule has 2 aliphatic heterocycles. The first kappa shape index (κ1) is 19.1. The first-order valence-corrected chi connectivity index (χ1v) is 9.22. The molecule has 27 heavy (non-hydrogen) atoms. The maximum absolute atomic E-state index is 12.6. The quantitative estimate of drug-likeness (QED) is 0.738. The molecule has 2 aliphatic rings. The highest BCUT2D eigenvalue weighted by Crippen LogP contribution is 2.28. The molecule has 1 aromatic carbocycles. The van der Waals surface area contributed by atoms with E-state index in [2.05, 4.69) is 24.5 Å². The van der Waals surface area contributed by atoms with Crippen molar-refractivity contribution in [2.24, 2.45) is 5.92 Å². The average molecular weight is 370 g/mol. The predicted octanol–water partition coefficient (Wildman–Crippen LogP) is 1.31. The van der Waals surface area contributed by atoms with Crippen LogP contribution in [-0.2, 0) is 27.5 Å². The number of nitrogens with zero attached hydrogens (tertiary/aromatic N) is 1. The maximum Gasteiger partial charge on any atom is 0.255 e. The number of piperidine rings is 1. The summed E-state index contributed by atoms with van der Waals surface area (Å²) in [5.41, 5.74) is 2.31. The summed E-state index contributed by atoms with van der Waals surface area (Å²) in [4.78, 5) is 49.4. The van der Waals surface area contributed by atoms with E-state index in [1.54, 1.807) is 12.5 Å². The molecule has 1 fully saturated rings. The van der Waals surface area contributed by atoms with Crippen LogP contribution in [0.5, 0.6) is 0 Å². The third kappa shape index (κ3) is 4.35. The van der Waals surface area contributed by atoms with Gasteiger partial charge in [0.25, 0.3) is 5.91 Å². The number of fused-ring (bicyclic) bond motifs is 1. The van der Waals surface area contributed by atoms with E-state index in [1.807, 2.05) is 12.1 Å². The Balaban J connectivity index is 1.63. The van der Waals surface area contributed by atoms with Crippen LogP contribution in [0.25, 0.3) is 0 Å². The Morgan fingerprint density at radius 3 is 2.81 bits per heavy atom. The summed E-state index contributed by atoms with van der Waals surface area (Å²) in [5, 5.41) is 5.14. The topological polar surface area (TPSA) is 95.6 Å². The van der Waals surface area contributed by atoms with Crippen molar-refractivity contribution in [3.63, 3.8) is 0 Å². The van der Waals surface area contributed by atoms with Crippen LogP contribution < -0.4 is 10.6 Å². The molecular formula is C20H24N3O4. The highest BCUT2D eigenvalue weighted by atomic mass is 16.2. The van der Waals surface area contributed by atoms with Gasteiger partial charge in [-0.1, -0.05) is 26.0 Å². The first-order chi connectivity index (χ1) is 12.8. The van der Waals surface area contributed by atoms with Crippen LogP contribution in [0, 0.1) is 12.3 Å². The van der Waals surface area contributed by atoms with Crippen molar-refractivity contribution < 1.29 is 19.2 Å². The van der Waals surface area contributed by atoms with E-state index in [4.69, 9.17) is 0 Å². The molecule has 1 radical (unpaired) electrons. The molecule has 2 N–H and O–H groups in total.